The smallest absolute Gasteiger partial charge is 0.183 e. The first-order valence-corrected chi connectivity index (χ1v) is 5.38. The number of nitrogen functional groups attached to an aromatic ring is 1. The lowest BCUT2D eigenvalue weighted by Crippen LogP contribution is -2.06. The molecule has 0 aliphatic heterocycles. The van der Waals surface area contributed by atoms with Crippen molar-refractivity contribution in [3.8, 4) is 0 Å². The first-order chi connectivity index (χ1) is 7.74. The van der Waals surface area contributed by atoms with E-state index in [1.807, 2.05) is 0 Å². The van der Waals surface area contributed by atoms with E-state index in [1.165, 1.54) is 0 Å². The Labute approximate surface area is 104 Å². The highest BCUT2D eigenvalue weighted by molar-refractivity contribution is 5.85. The molecule has 92 valence electrons. The quantitative estimate of drug-likeness (QED) is 0.705. The zero-order chi connectivity index (χ0) is 11.1. The number of H-pyrrole nitrogens is 1. The number of anilines is 1. The molecular formula is C10H14ClN5O. The van der Waals surface area contributed by atoms with E-state index in [-0.39, 0.29) is 24.4 Å². The number of aromatic amines is 1. The lowest BCUT2D eigenvalue weighted by Gasteiger charge is -2.08. The maximum Gasteiger partial charge on any atom is 0.183 e. The number of hydrogen-bond donors (Lipinski definition) is 3. The molecule has 1 saturated carbocycles. The summed E-state index contributed by atoms with van der Waals surface area (Å²) in [6.07, 6.45) is 3.77. The van der Waals surface area contributed by atoms with E-state index >= 15 is 0 Å². The van der Waals surface area contributed by atoms with E-state index in [9.17, 15) is 5.11 Å². The number of nitrogens with one attached hydrogen (secondary N) is 1. The molecule has 6 nitrogen and oxygen atoms in total. The van der Waals surface area contributed by atoms with Crippen molar-refractivity contribution in [2.75, 3.05) is 5.73 Å². The van der Waals surface area contributed by atoms with E-state index in [0.29, 0.717) is 22.8 Å². The maximum atomic E-state index is 9.49. The second-order valence-corrected chi connectivity index (χ2v) is 4.23. The van der Waals surface area contributed by atoms with Crippen LogP contribution < -0.4 is 5.73 Å². The minimum atomic E-state index is -0.232. The highest BCUT2D eigenvalue weighted by Gasteiger charge is 2.27. The molecule has 0 saturated heterocycles. The van der Waals surface area contributed by atoms with E-state index in [4.69, 9.17) is 5.73 Å². The van der Waals surface area contributed by atoms with Crippen molar-refractivity contribution in [1.29, 1.82) is 0 Å². The van der Waals surface area contributed by atoms with Crippen LogP contribution in [0.4, 0.5) is 5.82 Å². The summed E-state index contributed by atoms with van der Waals surface area (Å²) in [4.78, 5) is 15.6. The van der Waals surface area contributed by atoms with Crippen molar-refractivity contribution in [2.24, 2.45) is 0 Å². The lowest BCUT2D eigenvalue weighted by molar-refractivity contribution is 0.181. The van der Waals surface area contributed by atoms with Gasteiger partial charge in [0.15, 0.2) is 11.5 Å². The van der Waals surface area contributed by atoms with Crippen molar-refractivity contribution in [3.63, 3.8) is 0 Å². The van der Waals surface area contributed by atoms with Crippen molar-refractivity contribution < 1.29 is 5.11 Å². The molecule has 0 amide bonds. The third kappa shape index (κ3) is 2.05. The summed E-state index contributed by atoms with van der Waals surface area (Å²) in [6, 6.07) is 0. The van der Waals surface area contributed by atoms with Crippen LogP contribution in [-0.2, 0) is 0 Å². The average Bonchev–Trinajstić information content (AvgIpc) is 2.85. The summed E-state index contributed by atoms with van der Waals surface area (Å²) >= 11 is 0. The number of rotatable bonds is 1. The Morgan fingerprint density at radius 1 is 1.35 bits per heavy atom. The number of imidazole rings is 1. The molecule has 3 rings (SSSR count). The van der Waals surface area contributed by atoms with Gasteiger partial charge in [0.2, 0.25) is 0 Å². The summed E-state index contributed by atoms with van der Waals surface area (Å²) in [6.45, 7) is 0. The Balaban J connectivity index is 0.00000108. The van der Waals surface area contributed by atoms with Gasteiger partial charge in [-0.05, 0) is 19.3 Å². The summed E-state index contributed by atoms with van der Waals surface area (Å²) in [5.41, 5.74) is 7.10. The van der Waals surface area contributed by atoms with Gasteiger partial charge in [0, 0.05) is 5.92 Å². The Hall–Kier alpha value is -1.40. The van der Waals surface area contributed by atoms with Gasteiger partial charge in [-0.15, -0.1) is 12.4 Å². The van der Waals surface area contributed by atoms with Gasteiger partial charge in [-0.1, -0.05) is 0 Å². The number of fused-ring (bicyclic) bond motifs is 1. The minimum Gasteiger partial charge on any atom is -0.393 e. The van der Waals surface area contributed by atoms with Crippen LogP contribution in [0.2, 0.25) is 0 Å². The van der Waals surface area contributed by atoms with Crippen LogP contribution in [-0.4, -0.2) is 31.1 Å². The topological polar surface area (TPSA) is 101 Å². The van der Waals surface area contributed by atoms with Crippen LogP contribution in [0.5, 0.6) is 0 Å². The fourth-order valence-electron chi connectivity index (χ4n) is 2.25. The van der Waals surface area contributed by atoms with E-state index < -0.39 is 0 Å². The number of hydrogen-bond acceptors (Lipinski definition) is 5. The van der Waals surface area contributed by atoms with Gasteiger partial charge >= 0.3 is 0 Å². The Morgan fingerprint density at radius 2 is 2.18 bits per heavy atom. The van der Waals surface area contributed by atoms with Crippen LogP contribution in [0.15, 0.2) is 6.33 Å². The molecule has 4 N–H and O–H groups in total. The standard InChI is InChI=1S/C10H13N5O.ClH/c11-8-7-10(13-4-12-7)15-9(14-8)5-1-2-6(16)3-5;/h4-6,16H,1-3H2,(H3,11,12,13,14,15);1H/t5-,6+;/m0./s1. The van der Waals surface area contributed by atoms with Gasteiger partial charge in [-0.3, -0.25) is 0 Å². The van der Waals surface area contributed by atoms with Crippen LogP contribution in [0, 0.1) is 0 Å². The summed E-state index contributed by atoms with van der Waals surface area (Å²) in [7, 11) is 0. The van der Waals surface area contributed by atoms with Gasteiger partial charge in [-0.2, -0.15) is 0 Å². The zero-order valence-electron chi connectivity index (χ0n) is 9.13. The Bertz CT molecular complexity index is 528. The van der Waals surface area contributed by atoms with Crippen molar-refractivity contribution in [3.05, 3.63) is 12.2 Å². The first-order valence-electron chi connectivity index (χ1n) is 5.38. The molecule has 0 radical (unpaired) electrons. The number of aliphatic hydroxyl groups is 1. The second-order valence-electron chi connectivity index (χ2n) is 4.23. The molecule has 0 spiro atoms. The van der Waals surface area contributed by atoms with Gasteiger partial charge in [0.25, 0.3) is 0 Å². The van der Waals surface area contributed by atoms with E-state index in [1.54, 1.807) is 6.33 Å². The van der Waals surface area contributed by atoms with Gasteiger partial charge < -0.3 is 15.8 Å². The monoisotopic (exact) mass is 255 g/mol. The van der Waals surface area contributed by atoms with Crippen molar-refractivity contribution in [2.45, 2.75) is 31.3 Å². The molecule has 17 heavy (non-hydrogen) atoms. The normalized spacial score (nSPS) is 23.8. The average molecular weight is 256 g/mol. The highest BCUT2D eigenvalue weighted by atomic mass is 35.5. The molecular weight excluding hydrogens is 242 g/mol. The van der Waals surface area contributed by atoms with Crippen LogP contribution in [0.25, 0.3) is 11.2 Å². The predicted octanol–water partition coefficient (Wildman–Crippen LogP) is 0.985. The lowest BCUT2D eigenvalue weighted by atomic mass is 10.1. The SMILES string of the molecule is Cl.Nc1nc([C@H]2CC[C@@H](O)C2)nc2nc[nH]c12. The number of nitrogens with zero attached hydrogens (tertiary/aromatic N) is 3. The molecule has 2 aromatic rings. The predicted molar refractivity (Wildman–Crippen MR) is 65.9 cm³/mol. The van der Waals surface area contributed by atoms with Gasteiger partial charge in [0.05, 0.1) is 12.4 Å². The van der Waals surface area contributed by atoms with Crippen LogP contribution >= 0.6 is 12.4 Å². The minimum absolute atomic E-state index is 0. The third-order valence-electron chi connectivity index (χ3n) is 3.10. The Morgan fingerprint density at radius 3 is 2.88 bits per heavy atom. The fraction of sp³-hybridized carbons (Fsp3) is 0.500. The molecule has 0 aromatic carbocycles. The molecule has 1 aliphatic rings. The molecule has 2 aromatic heterocycles. The summed E-state index contributed by atoms with van der Waals surface area (Å²) < 4.78 is 0. The summed E-state index contributed by atoms with van der Waals surface area (Å²) in [5.74, 6) is 1.34. The van der Waals surface area contributed by atoms with Crippen LogP contribution in [0.1, 0.15) is 31.0 Å². The molecule has 0 unspecified atom stereocenters. The number of halogens is 1. The van der Waals surface area contributed by atoms with Crippen molar-refractivity contribution >= 4 is 29.4 Å². The number of aromatic nitrogens is 4. The van der Waals surface area contributed by atoms with E-state index in [0.717, 1.165) is 19.3 Å². The zero-order valence-corrected chi connectivity index (χ0v) is 9.94. The molecule has 2 atom stereocenters. The fourth-order valence-corrected chi connectivity index (χ4v) is 2.25. The molecule has 1 fully saturated rings. The van der Waals surface area contributed by atoms with Gasteiger partial charge in [0.1, 0.15) is 11.3 Å². The molecule has 0 bridgehead atoms. The molecule has 2 heterocycles. The van der Waals surface area contributed by atoms with Gasteiger partial charge in [-0.25, -0.2) is 15.0 Å². The first kappa shape index (κ1) is 12.1. The maximum absolute atomic E-state index is 9.49. The number of aliphatic hydroxyl groups excluding tert-OH is 1. The van der Waals surface area contributed by atoms with Crippen molar-refractivity contribution in [1.82, 2.24) is 19.9 Å². The van der Waals surface area contributed by atoms with E-state index in [2.05, 4.69) is 19.9 Å². The molecule has 1 aliphatic carbocycles. The second kappa shape index (κ2) is 4.46. The van der Waals surface area contributed by atoms with Crippen LogP contribution in [0.3, 0.4) is 0 Å². The third-order valence-corrected chi connectivity index (χ3v) is 3.10. The largest absolute Gasteiger partial charge is 0.393 e. The Kier molecular flexibility index (Phi) is 3.17. The molecule has 7 heteroatoms. The summed E-state index contributed by atoms with van der Waals surface area (Å²) in [5, 5.41) is 9.49. The highest BCUT2D eigenvalue weighted by Crippen LogP contribution is 2.33. The number of nitrogens with two attached hydrogens (primary N) is 1.